The van der Waals surface area contributed by atoms with Crippen LogP contribution in [0, 0.1) is 0 Å². The molecule has 8 heteroatoms. The quantitative estimate of drug-likeness (QED) is 0.172. The van der Waals surface area contributed by atoms with Gasteiger partial charge in [0.25, 0.3) is 5.48 Å². The highest BCUT2D eigenvalue weighted by Crippen LogP contribution is 2.15. The van der Waals surface area contributed by atoms with Crippen LogP contribution in [0.15, 0.2) is 12.2 Å². The van der Waals surface area contributed by atoms with Gasteiger partial charge in [0.2, 0.25) is 0 Å². The van der Waals surface area contributed by atoms with E-state index in [1.807, 2.05) is 21.1 Å². The van der Waals surface area contributed by atoms with Gasteiger partial charge in [0.05, 0.1) is 35.5 Å². The molecule has 0 aromatic heterocycles. The number of nitrogens with zero attached hydrogens (tertiary/aromatic N) is 1. The zero-order valence-corrected chi connectivity index (χ0v) is 18.9. The van der Waals surface area contributed by atoms with Crippen molar-refractivity contribution in [3.8, 4) is 0 Å². The van der Waals surface area contributed by atoms with Gasteiger partial charge in [-0.25, -0.2) is 4.79 Å². The van der Waals surface area contributed by atoms with Crippen LogP contribution in [-0.4, -0.2) is 76.1 Å². The Balaban J connectivity index is 0. The van der Waals surface area contributed by atoms with Gasteiger partial charge in [-0.15, -0.1) is 0 Å². The van der Waals surface area contributed by atoms with Crippen molar-refractivity contribution in [3.05, 3.63) is 12.2 Å². The molecule has 0 aliphatic rings. The summed E-state index contributed by atoms with van der Waals surface area (Å²) >= 11 is 0. The maximum atomic E-state index is 11.9. The van der Waals surface area contributed by atoms with E-state index in [2.05, 4.69) is 13.5 Å². The minimum Gasteiger partial charge on any atom is -0.628 e. The molecule has 0 heterocycles. The first-order valence-corrected chi connectivity index (χ1v) is 10.6. The summed E-state index contributed by atoms with van der Waals surface area (Å²) in [6.07, 6.45) is 2.64. The van der Waals surface area contributed by atoms with E-state index in [0.29, 0.717) is 41.3 Å². The molecule has 0 radical (unpaired) electrons. The second kappa shape index (κ2) is 15.8. The fourth-order valence-electron chi connectivity index (χ4n) is 1.55. The minimum absolute atomic E-state index is 0.186. The van der Waals surface area contributed by atoms with Crippen molar-refractivity contribution in [2.45, 2.75) is 40.0 Å². The summed E-state index contributed by atoms with van der Waals surface area (Å²) in [4.78, 5) is 33.5. The van der Waals surface area contributed by atoms with Gasteiger partial charge >= 0.3 is 11.9 Å². The van der Waals surface area contributed by atoms with Crippen LogP contribution in [0.25, 0.3) is 0 Å². The number of likely N-dealkylation sites (N-methyl/N-ethyl adjacent to an activating group) is 1. The summed E-state index contributed by atoms with van der Waals surface area (Å²) in [7, 11) is 5.93. The Morgan fingerprint density at radius 3 is 2.11 bits per heavy atom. The molecular weight excluding hydrogens is 369 g/mol. The summed E-state index contributed by atoms with van der Waals surface area (Å²) in [6, 6.07) is 0. The molecule has 1 unspecified atom stereocenters. The number of carbonyl (C=O) groups excluding carboxylic acids is 2. The third kappa shape index (κ3) is 17.9. The van der Waals surface area contributed by atoms with E-state index in [4.69, 9.17) is 14.2 Å². The van der Waals surface area contributed by atoms with E-state index in [1.165, 1.54) is 7.11 Å². The van der Waals surface area contributed by atoms with Crippen molar-refractivity contribution in [1.29, 1.82) is 0 Å². The number of hydrogen-bond donors (Lipinski definition) is 0. The molecule has 0 aromatic rings. The summed E-state index contributed by atoms with van der Waals surface area (Å²) in [6.45, 7) is 10.2. The van der Waals surface area contributed by atoms with Gasteiger partial charge in [0.15, 0.2) is 6.54 Å². The molecule has 1 atom stereocenters. The van der Waals surface area contributed by atoms with E-state index in [0.717, 1.165) is 12.8 Å². The maximum Gasteiger partial charge on any atom is 0.333 e. The fraction of sp³-hybridized carbons (Fsp3) is 0.737. The highest BCUT2D eigenvalue weighted by Gasteiger charge is 2.19. The van der Waals surface area contributed by atoms with E-state index in [9.17, 15) is 14.5 Å². The second-order valence-corrected chi connectivity index (χ2v) is 8.70. The lowest BCUT2D eigenvalue weighted by Crippen LogP contribution is -2.40. The van der Waals surface area contributed by atoms with Gasteiger partial charge in [-0.3, -0.25) is 4.79 Å². The molecule has 158 valence electrons. The Labute approximate surface area is 165 Å². The molecule has 0 amide bonds. The van der Waals surface area contributed by atoms with Crippen molar-refractivity contribution < 1.29 is 33.2 Å². The third-order valence-corrected chi connectivity index (χ3v) is 4.52. The molecule has 0 saturated carbocycles. The van der Waals surface area contributed by atoms with Gasteiger partial charge in [0, 0.05) is 19.1 Å². The lowest BCUT2D eigenvalue weighted by atomic mass is 10.3. The van der Waals surface area contributed by atoms with Crippen molar-refractivity contribution >= 4 is 25.2 Å². The SMILES string of the molecule is C=C(C)C(=O)OCCCC.CCC(=O)OCC/[P+]([O-])=C(/C[N+](C)(C)C)OC. The Bertz CT molecular complexity index is 497. The number of esters is 2. The monoisotopic (exact) mass is 406 g/mol. The molecule has 0 spiro atoms. The lowest BCUT2D eigenvalue weighted by molar-refractivity contribution is -0.861. The van der Waals surface area contributed by atoms with Crippen LogP contribution < -0.4 is 4.89 Å². The van der Waals surface area contributed by atoms with E-state index in [-0.39, 0.29) is 18.5 Å². The van der Waals surface area contributed by atoms with Crippen molar-refractivity contribution in [3.63, 3.8) is 0 Å². The van der Waals surface area contributed by atoms with Crippen LogP contribution in [0.5, 0.6) is 0 Å². The molecule has 0 fully saturated rings. The maximum absolute atomic E-state index is 11.9. The molecule has 0 aromatic carbocycles. The van der Waals surface area contributed by atoms with Crippen LogP contribution in [0.2, 0.25) is 0 Å². The first kappa shape index (κ1) is 27.9. The van der Waals surface area contributed by atoms with Gasteiger partial charge in [0.1, 0.15) is 12.8 Å². The first-order valence-electron chi connectivity index (χ1n) is 9.11. The number of quaternary nitrogens is 1. The van der Waals surface area contributed by atoms with Gasteiger partial charge in [-0.2, -0.15) is 0 Å². The number of hydrogen-bond acceptors (Lipinski definition) is 6. The zero-order valence-electron chi connectivity index (χ0n) is 18.0. The van der Waals surface area contributed by atoms with Gasteiger partial charge < -0.3 is 23.6 Å². The third-order valence-electron chi connectivity index (χ3n) is 3.05. The smallest absolute Gasteiger partial charge is 0.333 e. The van der Waals surface area contributed by atoms with Gasteiger partial charge in [-0.1, -0.05) is 26.8 Å². The van der Waals surface area contributed by atoms with Crippen molar-refractivity contribution in [2.75, 3.05) is 54.2 Å². The molecule has 0 N–H and O–H groups in total. The summed E-state index contributed by atoms with van der Waals surface area (Å²) in [5.41, 5.74) is 1.04. The molecule has 0 aliphatic carbocycles. The minimum atomic E-state index is -1.59. The molecule has 7 nitrogen and oxygen atoms in total. The van der Waals surface area contributed by atoms with E-state index < -0.39 is 7.77 Å². The molecular formula is C19H37NO6P+. The molecule has 0 rings (SSSR count). The largest absolute Gasteiger partial charge is 0.628 e. The van der Waals surface area contributed by atoms with E-state index >= 15 is 0 Å². The average Bonchev–Trinajstić information content (AvgIpc) is 2.59. The average molecular weight is 406 g/mol. The van der Waals surface area contributed by atoms with Crippen LogP contribution in [0.4, 0.5) is 0 Å². The topological polar surface area (TPSA) is 84.9 Å². The van der Waals surface area contributed by atoms with Gasteiger partial charge in [-0.05, 0) is 13.3 Å². The van der Waals surface area contributed by atoms with E-state index in [1.54, 1.807) is 13.8 Å². The number of unbranched alkanes of at least 4 members (excludes halogenated alkanes) is 1. The highest BCUT2D eigenvalue weighted by molar-refractivity contribution is 7.51. The van der Waals surface area contributed by atoms with Crippen LogP contribution >= 0.6 is 7.77 Å². The fourth-order valence-corrected chi connectivity index (χ4v) is 2.84. The predicted octanol–water partition coefficient (Wildman–Crippen LogP) is 2.09. The Morgan fingerprint density at radius 1 is 1.11 bits per heavy atom. The standard InChI is InChI=1S/C11H23NO4P.C8H14O2/c1-6-10(13)16-7-8-17(14)11(15-5)9-12(2,3)4;1-4-5-6-10-8(9)7(2)3/h6-9H2,1-5H3;2,4-6H2,1,3H3/q+1;. The molecule has 27 heavy (non-hydrogen) atoms. The van der Waals surface area contributed by atoms with Crippen molar-refractivity contribution in [1.82, 2.24) is 0 Å². The summed E-state index contributed by atoms with van der Waals surface area (Å²) < 4.78 is 15.5. The highest BCUT2D eigenvalue weighted by atomic mass is 31.1. The number of carbonyl (C=O) groups is 2. The molecule has 0 bridgehead atoms. The van der Waals surface area contributed by atoms with Crippen LogP contribution in [-0.2, 0) is 23.8 Å². The number of ether oxygens (including phenoxy) is 3. The number of rotatable bonds is 11. The predicted molar refractivity (Wildman–Crippen MR) is 109 cm³/mol. The number of methoxy groups -OCH3 is 1. The molecule has 0 aliphatic heterocycles. The molecule has 0 saturated heterocycles. The normalized spacial score (nSPS) is 11.7. The lowest BCUT2D eigenvalue weighted by Gasteiger charge is -2.23. The summed E-state index contributed by atoms with van der Waals surface area (Å²) in [5, 5.41) is 0. The zero-order chi connectivity index (χ0) is 21.5. The second-order valence-electron chi connectivity index (χ2n) is 6.99. The van der Waals surface area contributed by atoms with Crippen LogP contribution in [0.1, 0.15) is 40.0 Å². The first-order chi connectivity index (χ1) is 12.5. The Hall–Kier alpha value is -1.27. The van der Waals surface area contributed by atoms with Crippen molar-refractivity contribution in [2.24, 2.45) is 0 Å². The Morgan fingerprint density at radius 2 is 1.70 bits per heavy atom. The van der Waals surface area contributed by atoms with Crippen LogP contribution in [0.3, 0.4) is 0 Å². The summed E-state index contributed by atoms with van der Waals surface area (Å²) in [5.74, 6) is -0.549. The Kier molecular flexibility index (Phi) is 16.3.